The van der Waals surface area contributed by atoms with Crippen LogP contribution in [-0.2, 0) is 11.2 Å². The molecule has 0 spiro atoms. The Labute approximate surface area is 147 Å². The van der Waals surface area contributed by atoms with Crippen molar-refractivity contribution >= 4 is 22.7 Å². The van der Waals surface area contributed by atoms with Crippen LogP contribution in [0.4, 0.5) is 0 Å². The summed E-state index contributed by atoms with van der Waals surface area (Å²) >= 11 is 0. The summed E-state index contributed by atoms with van der Waals surface area (Å²) in [6.45, 7) is 1.63. The van der Waals surface area contributed by atoms with Gasteiger partial charge in [-0.3, -0.25) is 14.7 Å². The zero-order chi connectivity index (χ0) is 18.0. The van der Waals surface area contributed by atoms with E-state index in [1.165, 1.54) is 0 Å². The minimum atomic E-state index is -0.492. The van der Waals surface area contributed by atoms with Gasteiger partial charge in [-0.25, -0.2) is 0 Å². The maximum absolute atomic E-state index is 12.5. The number of nitrogens with zero attached hydrogens (tertiary/aromatic N) is 3. The van der Waals surface area contributed by atoms with E-state index in [1.54, 1.807) is 12.3 Å². The number of H-pyrrole nitrogens is 1. The molecule has 1 fully saturated rings. The fourth-order valence-corrected chi connectivity index (χ4v) is 3.50. The van der Waals surface area contributed by atoms with E-state index in [-0.39, 0.29) is 5.91 Å². The van der Waals surface area contributed by atoms with Gasteiger partial charge in [-0.15, -0.1) is 0 Å². The van der Waals surface area contributed by atoms with Crippen LogP contribution in [0.3, 0.4) is 0 Å². The third-order valence-electron chi connectivity index (χ3n) is 5.05. The summed E-state index contributed by atoms with van der Waals surface area (Å²) in [5.74, 6) is -0.321. The van der Waals surface area contributed by atoms with Gasteiger partial charge in [0.1, 0.15) is 0 Å². The number of nitrogens with two attached hydrogens (primary N) is 1. The first-order valence-electron chi connectivity index (χ1n) is 8.65. The Hall–Kier alpha value is -2.41. The second kappa shape index (κ2) is 7.23. The molecule has 3 N–H and O–H groups in total. The van der Waals surface area contributed by atoms with Gasteiger partial charge in [0.05, 0.1) is 17.3 Å². The van der Waals surface area contributed by atoms with E-state index in [9.17, 15) is 9.59 Å². The van der Waals surface area contributed by atoms with Crippen molar-refractivity contribution in [3.05, 3.63) is 29.5 Å². The number of carbonyl (C=O) groups is 2. The normalized spacial score (nSPS) is 15.9. The van der Waals surface area contributed by atoms with Crippen molar-refractivity contribution in [1.29, 1.82) is 0 Å². The van der Waals surface area contributed by atoms with Crippen LogP contribution in [0.2, 0.25) is 0 Å². The smallest absolute Gasteiger partial charge is 0.250 e. The average molecular weight is 343 g/mol. The van der Waals surface area contributed by atoms with Gasteiger partial charge in [0, 0.05) is 30.9 Å². The Morgan fingerprint density at radius 2 is 2.04 bits per heavy atom. The first-order chi connectivity index (χ1) is 12.0. The van der Waals surface area contributed by atoms with Crippen LogP contribution in [0.1, 0.15) is 35.2 Å². The van der Waals surface area contributed by atoms with E-state index < -0.39 is 5.91 Å². The summed E-state index contributed by atoms with van der Waals surface area (Å²) in [4.78, 5) is 28.3. The van der Waals surface area contributed by atoms with Gasteiger partial charge in [0.25, 0.3) is 5.91 Å². The lowest BCUT2D eigenvalue weighted by Gasteiger charge is -2.35. The average Bonchev–Trinajstić information content (AvgIpc) is 3.07. The molecule has 0 radical (unpaired) electrons. The van der Waals surface area contributed by atoms with Crippen molar-refractivity contribution in [2.75, 3.05) is 27.2 Å². The van der Waals surface area contributed by atoms with Gasteiger partial charge < -0.3 is 15.5 Å². The Morgan fingerprint density at radius 1 is 1.32 bits per heavy atom. The molecule has 1 saturated heterocycles. The van der Waals surface area contributed by atoms with Crippen molar-refractivity contribution in [3.8, 4) is 0 Å². The van der Waals surface area contributed by atoms with Crippen LogP contribution in [-0.4, -0.2) is 65.0 Å². The number of piperidine rings is 1. The standard InChI is InChI=1S/C18H25N5O2/c1-22(2)14-5-7-23(8-6-14)16(24)4-3-12-9-13-11-20-21-17(13)15(10-12)18(19)25/h9-11,14H,3-8H2,1-2H3,(H2,19,25)(H,20,21). The zero-order valence-electron chi connectivity index (χ0n) is 14.8. The number of hydrogen-bond acceptors (Lipinski definition) is 4. The molecule has 1 aromatic heterocycles. The molecule has 1 aliphatic heterocycles. The van der Waals surface area contributed by atoms with Crippen molar-refractivity contribution < 1.29 is 9.59 Å². The van der Waals surface area contributed by atoms with Gasteiger partial charge >= 0.3 is 0 Å². The Balaban J connectivity index is 1.63. The summed E-state index contributed by atoms with van der Waals surface area (Å²) in [5.41, 5.74) is 7.45. The van der Waals surface area contributed by atoms with Gasteiger partial charge in [0.2, 0.25) is 5.91 Å². The van der Waals surface area contributed by atoms with Crippen LogP contribution in [0.15, 0.2) is 18.3 Å². The lowest BCUT2D eigenvalue weighted by atomic mass is 10.0. The van der Waals surface area contributed by atoms with Gasteiger partial charge in [0.15, 0.2) is 0 Å². The predicted molar refractivity (Wildman–Crippen MR) is 96.2 cm³/mol. The lowest BCUT2D eigenvalue weighted by Crippen LogP contribution is -2.44. The third-order valence-corrected chi connectivity index (χ3v) is 5.05. The van der Waals surface area contributed by atoms with Crippen molar-refractivity contribution in [3.63, 3.8) is 0 Å². The molecule has 7 heteroatoms. The number of nitrogens with one attached hydrogen (secondary N) is 1. The van der Waals surface area contributed by atoms with Gasteiger partial charge in [-0.1, -0.05) is 0 Å². The molecule has 25 heavy (non-hydrogen) atoms. The largest absolute Gasteiger partial charge is 0.366 e. The van der Waals surface area contributed by atoms with E-state index >= 15 is 0 Å². The van der Waals surface area contributed by atoms with E-state index in [4.69, 9.17) is 5.73 Å². The fraction of sp³-hybridized carbons (Fsp3) is 0.500. The number of aryl methyl sites for hydroxylation is 1. The highest BCUT2D eigenvalue weighted by Gasteiger charge is 2.23. The quantitative estimate of drug-likeness (QED) is 0.851. The molecule has 0 bridgehead atoms. The highest BCUT2D eigenvalue weighted by Crippen LogP contribution is 2.21. The molecule has 7 nitrogen and oxygen atoms in total. The Bertz CT molecular complexity index is 775. The highest BCUT2D eigenvalue weighted by molar-refractivity contribution is 6.04. The molecular weight excluding hydrogens is 318 g/mol. The first-order valence-corrected chi connectivity index (χ1v) is 8.65. The van der Waals surface area contributed by atoms with Gasteiger partial charge in [-0.2, -0.15) is 5.10 Å². The number of benzene rings is 1. The molecule has 0 saturated carbocycles. The molecule has 0 aliphatic carbocycles. The Kier molecular flexibility index (Phi) is 5.03. The molecule has 2 aromatic rings. The van der Waals surface area contributed by atoms with Crippen LogP contribution in [0, 0.1) is 0 Å². The number of carbonyl (C=O) groups excluding carboxylic acids is 2. The highest BCUT2D eigenvalue weighted by atomic mass is 16.2. The molecule has 2 amide bonds. The summed E-state index contributed by atoms with van der Waals surface area (Å²) in [6, 6.07) is 4.27. The summed E-state index contributed by atoms with van der Waals surface area (Å²) in [6.07, 6.45) is 4.73. The molecule has 134 valence electrons. The number of amides is 2. The molecule has 1 aromatic carbocycles. The molecule has 1 aliphatic rings. The van der Waals surface area contributed by atoms with Crippen molar-refractivity contribution in [1.82, 2.24) is 20.0 Å². The molecular formula is C18H25N5O2. The first kappa shape index (κ1) is 17.4. The van der Waals surface area contributed by atoms with Crippen LogP contribution in [0.25, 0.3) is 10.9 Å². The fourth-order valence-electron chi connectivity index (χ4n) is 3.50. The molecule has 0 unspecified atom stereocenters. The van der Waals surface area contributed by atoms with Crippen molar-refractivity contribution in [2.24, 2.45) is 5.73 Å². The molecule has 3 rings (SSSR count). The maximum Gasteiger partial charge on any atom is 0.250 e. The second-order valence-corrected chi connectivity index (χ2v) is 6.92. The van der Waals surface area contributed by atoms with Crippen LogP contribution >= 0.6 is 0 Å². The van der Waals surface area contributed by atoms with Crippen molar-refractivity contribution in [2.45, 2.75) is 31.7 Å². The number of rotatable bonds is 5. The predicted octanol–water partition coefficient (Wildman–Crippen LogP) is 1.15. The van der Waals surface area contributed by atoms with Crippen LogP contribution < -0.4 is 5.73 Å². The monoisotopic (exact) mass is 343 g/mol. The minimum Gasteiger partial charge on any atom is -0.366 e. The number of likely N-dealkylation sites (tertiary alicyclic amines) is 1. The lowest BCUT2D eigenvalue weighted by molar-refractivity contribution is -0.132. The van der Waals surface area contributed by atoms with Crippen LogP contribution in [0.5, 0.6) is 0 Å². The topological polar surface area (TPSA) is 95.3 Å². The molecule has 0 atom stereocenters. The third kappa shape index (κ3) is 3.82. The van der Waals surface area contributed by atoms with E-state index in [0.717, 1.165) is 36.9 Å². The summed E-state index contributed by atoms with van der Waals surface area (Å²) in [7, 11) is 4.18. The number of aromatic amines is 1. The SMILES string of the molecule is CN(C)C1CCN(C(=O)CCc2cc(C(N)=O)c3[nH]ncc3c2)CC1. The van der Waals surface area contributed by atoms with Gasteiger partial charge in [-0.05, 0) is 51.1 Å². The summed E-state index contributed by atoms with van der Waals surface area (Å²) < 4.78 is 0. The molecule has 2 heterocycles. The zero-order valence-corrected chi connectivity index (χ0v) is 14.8. The second-order valence-electron chi connectivity index (χ2n) is 6.92. The number of hydrogen-bond donors (Lipinski definition) is 2. The van der Waals surface area contributed by atoms with E-state index in [1.807, 2.05) is 11.0 Å². The van der Waals surface area contributed by atoms with E-state index in [2.05, 4.69) is 29.2 Å². The maximum atomic E-state index is 12.5. The number of fused-ring (bicyclic) bond motifs is 1. The summed E-state index contributed by atoms with van der Waals surface area (Å²) in [5, 5.41) is 7.60. The number of primary amides is 1. The number of aromatic nitrogens is 2. The van der Waals surface area contributed by atoms with E-state index in [0.29, 0.717) is 30.0 Å². The Morgan fingerprint density at radius 3 is 2.68 bits per heavy atom. The minimum absolute atomic E-state index is 0.171.